The molecule has 3 rings (SSSR count). The highest BCUT2D eigenvalue weighted by molar-refractivity contribution is 7.09. The normalized spacial score (nSPS) is 16.9. The number of aromatic hydroxyl groups is 1. The van der Waals surface area contributed by atoms with Gasteiger partial charge in [-0.15, -0.1) is 17.8 Å². The number of likely N-dealkylation sites (N-methyl/N-ethyl adjacent to an activating group) is 2. The lowest BCUT2D eigenvalue weighted by Gasteiger charge is -2.38. The number of thiazole rings is 1. The second-order valence-electron chi connectivity index (χ2n) is 17.7. The van der Waals surface area contributed by atoms with Gasteiger partial charge in [0.2, 0.25) is 23.6 Å². The maximum Gasteiger partial charge on any atom is 0.306 e. The molecule has 0 spiro atoms. The number of nitrogens with zero attached hydrogens (tertiary/aromatic N) is 3. The second kappa shape index (κ2) is 26.3. The SMILES string of the molecule is C#CC(=O)NCC(CNC(C)=O)C(=O)Nc1cc(C[C@@H](CC(C)C(=O)O)NC(=O)c2csc([C@@H](C[C@H](C(C)C)N(C)C(=O)[C@@H](NC(=O)[C@H]3CCCCN3C)[C@@H](C)CC)OC(C)=O)n2)ccc1O. The number of anilines is 1. The Morgan fingerprint density at radius 3 is 2.30 bits per heavy atom. The number of amides is 6. The fraction of sp³-hybridized carbons (Fsp3) is 0.596. The molecule has 0 radical (unpaired) electrons. The van der Waals surface area contributed by atoms with Crippen molar-refractivity contribution in [2.24, 2.45) is 23.7 Å². The summed E-state index contributed by atoms with van der Waals surface area (Å²) in [6.45, 7) is 12.2. The number of hydrogen-bond acceptors (Lipinski definition) is 13. The first-order chi connectivity index (χ1) is 31.6. The number of terminal acetylenes is 1. The smallest absolute Gasteiger partial charge is 0.306 e. The third kappa shape index (κ3) is 16.9. The predicted molar refractivity (Wildman–Crippen MR) is 251 cm³/mol. The topological polar surface area (TPSA) is 266 Å². The van der Waals surface area contributed by atoms with E-state index in [1.807, 2.05) is 45.6 Å². The molecule has 2 unspecified atom stereocenters. The zero-order valence-corrected chi connectivity index (χ0v) is 40.8. The molecule has 0 bridgehead atoms. The monoisotopic (exact) mass is 952 g/mol. The van der Waals surface area contributed by atoms with E-state index in [1.54, 1.807) is 18.0 Å². The summed E-state index contributed by atoms with van der Waals surface area (Å²) in [7, 11) is 3.58. The Labute approximate surface area is 396 Å². The summed E-state index contributed by atoms with van der Waals surface area (Å²) in [5, 5.41) is 35.7. The van der Waals surface area contributed by atoms with Gasteiger partial charge >= 0.3 is 11.9 Å². The molecule has 1 aliphatic rings. The largest absolute Gasteiger partial charge is 0.506 e. The Kier molecular flexibility index (Phi) is 21.7. The lowest BCUT2D eigenvalue weighted by molar-refractivity contribution is -0.149. The number of carboxylic acids is 1. The number of carboxylic acid groups (broad SMARTS) is 1. The second-order valence-corrected chi connectivity index (χ2v) is 18.6. The molecule has 1 saturated heterocycles. The van der Waals surface area contributed by atoms with Crippen LogP contribution in [0.5, 0.6) is 5.75 Å². The molecule has 1 fully saturated rings. The summed E-state index contributed by atoms with van der Waals surface area (Å²) in [5.41, 5.74) is 0.456. The van der Waals surface area contributed by atoms with Gasteiger partial charge in [0.1, 0.15) is 22.5 Å². The number of benzene rings is 1. The van der Waals surface area contributed by atoms with Crippen LogP contribution in [0, 0.1) is 36.0 Å². The van der Waals surface area contributed by atoms with Crippen LogP contribution in [0.3, 0.4) is 0 Å². The average molecular weight is 953 g/mol. The van der Waals surface area contributed by atoms with Crippen LogP contribution in [0.1, 0.15) is 114 Å². The summed E-state index contributed by atoms with van der Waals surface area (Å²) >= 11 is 1.08. The van der Waals surface area contributed by atoms with Crippen LogP contribution in [0.15, 0.2) is 23.6 Å². The molecule has 2 aromatic rings. The van der Waals surface area contributed by atoms with E-state index < -0.39 is 71.6 Å². The molecule has 19 nitrogen and oxygen atoms in total. The van der Waals surface area contributed by atoms with Gasteiger partial charge in [0.25, 0.3) is 11.8 Å². The van der Waals surface area contributed by atoms with Crippen molar-refractivity contribution in [3.8, 4) is 18.1 Å². The fourth-order valence-electron chi connectivity index (χ4n) is 7.86. The van der Waals surface area contributed by atoms with Gasteiger partial charge in [-0.05, 0) is 74.7 Å². The lowest BCUT2D eigenvalue weighted by Crippen LogP contribution is -2.58. The number of hydrogen-bond donors (Lipinski definition) is 7. The number of carbonyl (C=O) groups is 8. The first-order valence-electron chi connectivity index (χ1n) is 22.6. The van der Waals surface area contributed by atoms with Gasteiger partial charge < -0.3 is 46.4 Å². The van der Waals surface area contributed by atoms with E-state index in [1.165, 1.54) is 38.3 Å². The molecule has 1 aromatic heterocycles. The average Bonchev–Trinajstić information content (AvgIpc) is 3.77. The summed E-state index contributed by atoms with van der Waals surface area (Å²) < 4.78 is 5.78. The van der Waals surface area contributed by atoms with Crippen molar-refractivity contribution in [3.05, 3.63) is 39.8 Å². The van der Waals surface area contributed by atoms with Gasteiger partial charge in [0.15, 0.2) is 6.10 Å². The van der Waals surface area contributed by atoms with Crippen LogP contribution in [-0.2, 0) is 44.7 Å². The van der Waals surface area contributed by atoms with E-state index in [9.17, 15) is 48.6 Å². The standard InChI is InChI=1S/C47H68N8O11S/c1-11-27(5)41(53-44(62)36-15-13-14-18-54(36)9)46(63)55(10)37(26(3)4)22-39(66-30(8)57)45-52-35(25-67-45)43(61)50-33(19-28(6)47(64)65)20-31-16-17-38(58)34(21-31)51-42(60)32(23-48-29(7)56)24-49-40(59)12-2/h2,16-17,21,25-28,32-33,36-37,39,41,58H,11,13-15,18-20,22-24H2,1,3-10H3,(H,48,56)(H,49,59)(H,50,61)(H,51,60)(H,53,62)(H,64,65)/t27-,28?,32?,33+,36+,37+,39+,41-/m0/s1. The zero-order chi connectivity index (χ0) is 50.1. The number of ether oxygens (including phenoxy) is 1. The van der Waals surface area contributed by atoms with Crippen molar-refractivity contribution in [2.75, 3.05) is 39.0 Å². The summed E-state index contributed by atoms with van der Waals surface area (Å²) in [6.07, 6.45) is 7.61. The highest BCUT2D eigenvalue weighted by Crippen LogP contribution is 2.32. The number of phenolic OH excluding ortho intramolecular Hbond substituents is 1. The number of rotatable bonds is 24. The van der Waals surface area contributed by atoms with Crippen molar-refractivity contribution in [2.45, 2.75) is 124 Å². The number of aromatic nitrogens is 1. The minimum Gasteiger partial charge on any atom is -0.506 e. The van der Waals surface area contributed by atoms with E-state index in [0.29, 0.717) is 23.4 Å². The van der Waals surface area contributed by atoms with Crippen molar-refractivity contribution >= 4 is 64.4 Å². The Bertz CT molecular complexity index is 2120. The summed E-state index contributed by atoms with van der Waals surface area (Å²) in [5.74, 6) is -5.25. The van der Waals surface area contributed by atoms with Gasteiger partial charge in [-0.2, -0.15) is 0 Å². The van der Waals surface area contributed by atoms with Gasteiger partial charge in [0.05, 0.1) is 23.6 Å². The quantitative estimate of drug-likeness (QED) is 0.0454. The molecule has 1 aromatic carbocycles. The van der Waals surface area contributed by atoms with Crippen LogP contribution in [0.4, 0.5) is 5.69 Å². The van der Waals surface area contributed by atoms with Crippen LogP contribution in [0.25, 0.3) is 0 Å². The molecule has 368 valence electrons. The maximum absolute atomic E-state index is 14.3. The molecule has 20 heteroatoms. The minimum absolute atomic E-state index is 0.0176. The fourth-order valence-corrected chi connectivity index (χ4v) is 8.70. The Morgan fingerprint density at radius 1 is 1.01 bits per heavy atom. The molecule has 67 heavy (non-hydrogen) atoms. The van der Waals surface area contributed by atoms with Crippen LogP contribution >= 0.6 is 11.3 Å². The number of esters is 1. The van der Waals surface area contributed by atoms with E-state index in [2.05, 4.69) is 31.6 Å². The number of likely N-dealkylation sites (tertiary alicyclic amines) is 1. The molecule has 2 heterocycles. The van der Waals surface area contributed by atoms with Crippen molar-refractivity contribution < 1.29 is 53.3 Å². The lowest BCUT2D eigenvalue weighted by atomic mass is 9.92. The molecule has 0 aliphatic carbocycles. The molecule has 7 N–H and O–H groups in total. The van der Waals surface area contributed by atoms with Crippen LogP contribution in [0.2, 0.25) is 0 Å². The number of carbonyl (C=O) groups excluding carboxylic acids is 7. The molecular weight excluding hydrogens is 885 g/mol. The van der Waals surface area contributed by atoms with E-state index in [-0.39, 0.29) is 79.2 Å². The Morgan fingerprint density at radius 2 is 1.70 bits per heavy atom. The van der Waals surface area contributed by atoms with Gasteiger partial charge in [0, 0.05) is 57.9 Å². The van der Waals surface area contributed by atoms with E-state index >= 15 is 0 Å². The zero-order valence-electron chi connectivity index (χ0n) is 40.0. The molecular formula is C47H68N8O11S. The van der Waals surface area contributed by atoms with Crippen molar-refractivity contribution in [1.82, 2.24) is 36.1 Å². The van der Waals surface area contributed by atoms with Crippen molar-refractivity contribution in [1.29, 1.82) is 0 Å². The molecule has 6 amide bonds. The molecule has 1 aliphatic heterocycles. The van der Waals surface area contributed by atoms with Gasteiger partial charge in [-0.25, -0.2) is 4.98 Å². The van der Waals surface area contributed by atoms with E-state index in [0.717, 1.165) is 30.7 Å². The van der Waals surface area contributed by atoms with Crippen LogP contribution < -0.4 is 26.6 Å². The number of piperidine rings is 1. The highest BCUT2D eigenvalue weighted by atomic mass is 32.1. The number of nitrogens with one attached hydrogen (secondary N) is 5. The maximum atomic E-state index is 14.3. The number of phenols is 1. The summed E-state index contributed by atoms with van der Waals surface area (Å²) in [4.78, 5) is 111. The van der Waals surface area contributed by atoms with Gasteiger partial charge in [-0.1, -0.05) is 53.5 Å². The Hall–Kier alpha value is -6.07. The molecule has 8 atom stereocenters. The van der Waals surface area contributed by atoms with E-state index in [4.69, 9.17) is 11.2 Å². The minimum atomic E-state index is -1.10. The Balaban J connectivity index is 1.85. The molecule has 0 saturated carbocycles. The number of aliphatic carboxylic acids is 1. The van der Waals surface area contributed by atoms with Gasteiger partial charge in [-0.3, -0.25) is 43.3 Å². The van der Waals surface area contributed by atoms with Crippen LogP contribution in [-0.4, -0.2) is 130 Å². The van der Waals surface area contributed by atoms with Crippen molar-refractivity contribution in [3.63, 3.8) is 0 Å². The third-order valence-corrected chi connectivity index (χ3v) is 13.0. The third-order valence-electron chi connectivity index (χ3n) is 12.1. The predicted octanol–water partition coefficient (Wildman–Crippen LogP) is 3.23. The highest BCUT2D eigenvalue weighted by Gasteiger charge is 2.37. The first kappa shape index (κ1) is 55.3. The summed E-state index contributed by atoms with van der Waals surface area (Å²) in [6, 6.07) is 1.92. The first-order valence-corrected chi connectivity index (χ1v) is 23.5.